The molecule has 8 N–H and O–H groups in total. The third kappa shape index (κ3) is 6.82. The van der Waals surface area contributed by atoms with Crippen molar-refractivity contribution >= 4 is 62.1 Å². The van der Waals surface area contributed by atoms with E-state index in [2.05, 4.69) is 25.9 Å². The van der Waals surface area contributed by atoms with Gasteiger partial charge in [-0.05, 0) is 6.42 Å². The molecule has 3 atom stereocenters. The van der Waals surface area contributed by atoms with Gasteiger partial charge in [0.05, 0.1) is 17.9 Å². The second-order valence-corrected chi connectivity index (χ2v) is 14.0. The molecular weight excluding hydrogens is 738 g/mol. The SMILES string of the molecule is Nc1nc(/C(=N/OC2(C(=O)O)CC2)C(=O)N[C@@H]2C(=O)N(S(=O)(=O)O)[C@H]2CNC(=O)c2cc([C@@H]3CCN(C(=O)c4cc(=O)c(O)cn4O)C3)no2)cs1. The summed E-state index contributed by atoms with van der Waals surface area (Å²) in [4.78, 5) is 85.6. The van der Waals surface area contributed by atoms with Crippen LogP contribution in [0, 0.1) is 0 Å². The number of β-lactam (4-membered cyclic amide) rings is 1. The first-order chi connectivity index (χ1) is 24.5. The largest absolute Gasteiger partial charge is 0.503 e. The van der Waals surface area contributed by atoms with Crippen LogP contribution in [0.25, 0.3) is 0 Å². The predicted octanol–water partition coefficient (Wildman–Crippen LogP) is -2.29. The molecule has 0 unspecified atom stereocenters. The van der Waals surface area contributed by atoms with Gasteiger partial charge in [0.15, 0.2) is 16.6 Å². The molecule has 3 aromatic heterocycles. The third-order valence-corrected chi connectivity index (χ3v) is 10.1. The minimum absolute atomic E-state index is 0.00873. The summed E-state index contributed by atoms with van der Waals surface area (Å²) in [5.74, 6) is -6.94. The Kier molecular flexibility index (Phi) is 9.09. The van der Waals surface area contributed by atoms with Crippen molar-refractivity contribution in [2.45, 2.75) is 42.9 Å². The summed E-state index contributed by atoms with van der Waals surface area (Å²) in [6, 6.07) is -1.18. The summed E-state index contributed by atoms with van der Waals surface area (Å²) in [6.45, 7) is -0.422. The van der Waals surface area contributed by atoms with Gasteiger partial charge in [-0.3, -0.25) is 28.5 Å². The zero-order valence-electron chi connectivity index (χ0n) is 26.2. The van der Waals surface area contributed by atoms with E-state index in [4.69, 9.17) is 15.1 Å². The van der Waals surface area contributed by atoms with Gasteiger partial charge in [-0.2, -0.15) is 13.1 Å². The number of pyridine rings is 1. The van der Waals surface area contributed by atoms with E-state index in [1.165, 1.54) is 16.3 Å². The monoisotopic (exact) mass is 765 g/mol. The summed E-state index contributed by atoms with van der Waals surface area (Å²) in [5, 5.41) is 42.2. The van der Waals surface area contributed by atoms with Gasteiger partial charge < -0.3 is 46.0 Å². The van der Waals surface area contributed by atoms with E-state index in [0.717, 1.165) is 17.4 Å². The fourth-order valence-corrected chi connectivity index (χ4v) is 6.88. The molecule has 0 spiro atoms. The van der Waals surface area contributed by atoms with Gasteiger partial charge >= 0.3 is 16.3 Å². The molecule has 2 aliphatic heterocycles. The van der Waals surface area contributed by atoms with E-state index in [1.54, 1.807) is 0 Å². The number of hydrogen-bond donors (Lipinski definition) is 7. The molecule has 4 amide bonds. The standard InChI is InChI=1S/C27H27N9O14S2/c28-26-30-13(10-51-26)19(33-50-27(2-3-27)25(43)44)22(40)31-20-15(36(24(20)42)52(46,47)48)7-29-21(39)18-5-12(32-49-18)11-1-4-34(8-11)23(41)14-6-16(37)17(38)9-35(14)45/h5-6,9-11,15,20,38,45H,1-4,7-8H2,(H2,28,30)(H,29,39)(H,31,40)(H,43,44)(H,46,47,48)/b33-19-/t11-,15+,20+/m1/s1. The quantitative estimate of drug-likeness (QED) is 0.0335. The molecule has 0 radical (unpaired) electrons. The van der Waals surface area contributed by atoms with E-state index < -0.39 is 86.9 Å². The van der Waals surface area contributed by atoms with E-state index in [-0.39, 0.29) is 58.2 Å². The van der Waals surface area contributed by atoms with Crippen LogP contribution in [0.5, 0.6) is 5.75 Å². The van der Waals surface area contributed by atoms with Crippen molar-refractivity contribution in [2.24, 2.45) is 5.16 Å². The number of rotatable bonds is 12. The van der Waals surface area contributed by atoms with Crippen LogP contribution in [0.1, 0.15) is 57.6 Å². The highest BCUT2D eigenvalue weighted by molar-refractivity contribution is 7.84. The summed E-state index contributed by atoms with van der Waals surface area (Å²) in [5.41, 5.74) is 2.25. The van der Waals surface area contributed by atoms with Crippen LogP contribution in [-0.2, 0) is 29.5 Å². The van der Waals surface area contributed by atoms with Gasteiger partial charge in [-0.25, -0.2) is 14.1 Å². The molecule has 5 heterocycles. The van der Waals surface area contributed by atoms with Crippen molar-refractivity contribution in [3.63, 3.8) is 0 Å². The van der Waals surface area contributed by atoms with Gasteiger partial charge in [0.2, 0.25) is 16.8 Å². The maximum absolute atomic E-state index is 13.3. The first-order valence-electron chi connectivity index (χ1n) is 15.0. The maximum Gasteiger partial charge on any atom is 0.362 e. The number of carbonyl (C=O) groups excluding carboxylic acids is 4. The lowest BCUT2D eigenvalue weighted by Crippen LogP contribution is -2.74. The second-order valence-electron chi connectivity index (χ2n) is 11.8. The Morgan fingerprint density at radius 3 is 2.58 bits per heavy atom. The van der Waals surface area contributed by atoms with Crippen LogP contribution in [0.3, 0.4) is 0 Å². The van der Waals surface area contributed by atoms with Crippen LogP contribution in [-0.4, -0.2) is 125 Å². The zero-order chi connectivity index (χ0) is 37.7. The Balaban J connectivity index is 1.11. The summed E-state index contributed by atoms with van der Waals surface area (Å²) >= 11 is 0.909. The number of carboxylic acids is 1. The molecule has 2 saturated heterocycles. The van der Waals surface area contributed by atoms with Crippen LogP contribution in [0.4, 0.5) is 5.13 Å². The van der Waals surface area contributed by atoms with Crippen molar-refractivity contribution in [1.29, 1.82) is 0 Å². The van der Waals surface area contributed by atoms with Gasteiger partial charge in [-0.1, -0.05) is 10.3 Å². The maximum atomic E-state index is 13.3. The minimum Gasteiger partial charge on any atom is -0.503 e. The highest BCUT2D eigenvalue weighted by atomic mass is 32.2. The van der Waals surface area contributed by atoms with Gasteiger partial charge in [0.25, 0.3) is 23.6 Å². The third-order valence-electron chi connectivity index (χ3n) is 8.44. The number of nitrogen functional groups attached to an aromatic ring is 1. The molecule has 1 saturated carbocycles. The molecule has 0 aromatic carbocycles. The summed E-state index contributed by atoms with van der Waals surface area (Å²) < 4.78 is 39.2. The highest BCUT2D eigenvalue weighted by Gasteiger charge is 2.56. The number of likely N-dealkylation sites (tertiary alicyclic amines) is 1. The van der Waals surface area contributed by atoms with Crippen molar-refractivity contribution in [1.82, 2.24) is 34.7 Å². The Bertz CT molecular complexity index is 2190. The smallest absolute Gasteiger partial charge is 0.362 e. The number of oxime groups is 1. The van der Waals surface area contributed by atoms with Crippen LogP contribution >= 0.6 is 11.3 Å². The molecule has 6 rings (SSSR count). The number of nitrogens with zero attached hydrogens (tertiary/aromatic N) is 6. The number of aromatic nitrogens is 3. The predicted molar refractivity (Wildman–Crippen MR) is 170 cm³/mol. The van der Waals surface area contributed by atoms with Crippen molar-refractivity contribution in [2.75, 3.05) is 25.4 Å². The number of thiazole rings is 1. The van der Waals surface area contributed by atoms with Gasteiger partial charge in [0.1, 0.15) is 17.4 Å². The van der Waals surface area contributed by atoms with Crippen molar-refractivity contribution in [3.8, 4) is 5.75 Å². The molecule has 276 valence electrons. The number of aliphatic carboxylic acids is 1. The first-order valence-corrected chi connectivity index (χ1v) is 17.3. The Labute approximate surface area is 294 Å². The molecule has 3 aromatic rings. The molecule has 25 heteroatoms. The van der Waals surface area contributed by atoms with Crippen LogP contribution in [0.2, 0.25) is 0 Å². The van der Waals surface area contributed by atoms with E-state index in [0.29, 0.717) is 17.3 Å². The normalized spacial score (nSPS) is 21.0. The molecular formula is C27H27N9O14S2. The molecule has 52 heavy (non-hydrogen) atoms. The van der Waals surface area contributed by atoms with Gasteiger partial charge in [-0.15, -0.1) is 11.3 Å². The fraction of sp³-hybridized carbons (Fsp3) is 0.370. The van der Waals surface area contributed by atoms with E-state index in [9.17, 15) is 57.2 Å². The number of carbonyl (C=O) groups is 5. The molecule has 23 nitrogen and oxygen atoms in total. The first kappa shape index (κ1) is 35.7. The number of nitrogens with two attached hydrogens (primary N) is 1. The van der Waals surface area contributed by atoms with Crippen molar-refractivity contribution in [3.05, 3.63) is 56.8 Å². The number of aromatic hydroxyl groups is 1. The van der Waals surface area contributed by atoms with Crippen LogP contribution in [0.15, 0.2) is 38.2 Å². The fourth-order valence-electron chi connectivity index (χ4n) is 5.46. The van der Waals surface area contributed by atoms with E-state index >= 15 is 0 Å². The number of carboxylic acid groups (broad SMARTS) is 1. The van der Waals surface area contributed by atoms with Crippen LogP contribution < -0.4 is 21.8 Å². The highest BCUT2D eigenvalue weighted by Crippen LogP contribution is 2.40. The lowest BCUT2D eigenvalue weighted by Gasteiger charge is -2.44. The summed E-state index contributed by atoms with van der Waals surface area (Å²) in [6.07, 6.45) is 1.24. The van der Waals surface area contributed by atoms with Crippen molar-refractivity contribution < 1.29 is 61.7 Å². The lowest BCUT2D eigenvalue weighted by atomic mass is 9.98. The Morgan fingerprint density at radius 1 is 1.21 bits per heavy atom. The topological polar surface area (TPSA) is 339 Å². The molecule has 0 bridgehead atoms. The van der Waals surface area contributed by atoms with E-state index in [1.807, 2.05) is 0 Å². The molecule has 3 fully saturated rings. The number of nitrogens with one attached hydrogen (secondary N) is 2. The molecule has 1 aliphatic carbocycles. The number of anilines is 1. The number of amides is 4. The minimum atomic E-state index is -5.17. The Morgan fingerprint density at radius 2 is 1.94 bits per heavy atom. The second kappa shape index (κ2) is 13.2. The van der Waals surface area contributed by atoms with Gasteiger partial charge in [0, 0.05) is 55.9 Å². The Hall–Kier alpha value is -6.08. The summed E-state index contributed by atoms with van der Waals surface area (Å²) in [7, 11) is -5.17. The number of hydrogen-bond acceptors (Lipinski definition) is 17. The average molecular weight is 766 g/mol. The lowest BCUT2D eigenvalue weighted by molar-refractivity contribution is -0.153. The zero-order valence-corrected chi connectivity index (χ0v) is 27.9. The average Bonchev–Trinajstić information content (AvgIpc) is 3.40. The molecule has 3 aliphatic rings.